The van der Waals surface area contributed by atoms with Gasteiger partial charge in [-0.2, -0.15) is 5.10 Å². The summed E-state index contributed by atoms with van der Waals surface area (Å²) in [5.74, 6) is 0.164. The molecule has 0 atom stereocenters. The Labute approximate surface area is 224 Å². The maximum Gasteiger partial charge on any atom is 0.343 e. The molecule has 0 radical (unpaired) electrons. The van der Waals surface area contributed by atoms with E-state index in [1.807, 2.05) is 6.92 Å². The van der Waals surface area contributed by atoms with Gasteiger partial charge in [-0.3, -0.25) is 9.59 Å². The van der Waals surface area contributed by atoms with Crippen molar-refractivity contribution in [1.29, 1.82) is 0 Å². The van der Waals surface area contributed by atoms with Crippen molar-refractivity contribution in [3.8, 4) is 17.2 Å². The molecule has 0 saturated carbocycles. The highest BCUT2D eigenvalue weighted by Gasteiger charge is 2.13. The fourth-order valence-electron chi connectivity index (χ4n) is 3.57. The van der Waals surface area contributed by atoms with E-state index in [0.29, 0.717) is 35.7 Å². The molecule has 9 heteroatoms. The summed E-state index contributed by atoms with van der Waals surface area (Å²) in [6, 6.07) is 11.5. The molecule has 0 aliphatic heterocycles. The summed E-state index contributed by atoms with van der Waals surface area (Å²) in [7, 11) is 1.55. The Balaban J connectivity index is 1.79. The van der Waals surface area contributed by atoms with Crippen LogP contribution in [-0.2, 0) is 9.59 Å². The molecule has 0 aromatic heterocycles. The van der Waals surface area contributed by atoms with Gasteiger partial charge in [0, 0.05) is 6.42 Å². The molecular weight excluding hydrogens is 486 g/mol. The zero-order valence-electron chi connectivity index (χ0n) is 22.6. The number of nitrogens with zero attached hydrogens (tertiary/aromatic N) is 1. The van der Waals surface area contributed by atoms with E-state index >= 15 is 0 Å². The number of hydrogen-bond acceptors (Lipinski definition) is 7. The van der Waals surface area contributed by atoms with E-state index in [2.05, 4.69) is 22.8 Å². The number of hydrazone groups is 1. The van der Waals surface area contributed by atoms with E-state index in [0.717, 1.165) is 19.3 Å². The maximum absolute atomic E-state index is 12.5. The number of amides is 2. The minimum Gasteiger partial charge on any atom is -0.497 e. The van der Waals surface area contributed by atoms with Gasteiger partial charge in [0.25, 0.3) is 5.91 Å². The standard InChI is InChI=1S/C29H39N3O6/c1-4-6-7-8-9-10-11-12-27(33)30-21-28(34)32-31-20-22-13-18-25(26(19-22)37-5-2)38-29(35)23-14-16-24(36-3)17-15-23/h13-20H,4-12,21H2,1-3H3,(H,30,33)(H,32,34). The van der Waals surface area contributed by atoms with Gasteiger partial charge in [-0.1, -0.05) is 45.4 Å². The lowest BCUT2D eigenvalue weighted by Gasteiger charge is -2.11. The lowest BCUT2D eigenvalue weighted by atomic mass is 10.1. The predicted molar refractivity (Wildman–Crippen MR) is 147 cm³/mol. The Morgan fingerprint density at radius 3 is 2.26 bits per heavy atom. The van der Waals surface area contributed by atoms with E-state index < -0.39 is 11.9 Å². The summed E-state index contributed by atoms with van der Waals surface area (Å²) >= 11 is 0. The van der Waals surface area contributed by atoms with Gasteiger partial charge in [0.05, 0.1) is 32.0 Å². The van der Waals surface area contributed by atoms with Crippen molar-refractivity contribution in [2.24, 2.45) is 5.10 Å². The number of methoxy groups -OCH3 is 1. The van der Waals surface area contributed by atoms with Crippen LogP contribution in [0.3, 0.4) is 0 Å². The third-order valence-electron chi connectivity index (χ3n) is 5.65. The summed E-state index contributed by atoms with van der Waals surface area (Å²) in [4.78, 5) is 36.4. The molecule has 2 aromatic carbocycles. The van der Waals surface area contributed by atoms with Gasteiger partial charge in [0.2, 0.25) is 5.91 Å². The van der Waals surface area contributed by atoms with E-state index in [1.165, 1.54) is 31.9 Å². The lowest BCUT2D eigenvalue weighted by molar-refractivity contribution is -0.126. The number of nitrogens with one attached hydrogen (secondary N) is 2. The van der Waals surface area contributed by atoms with E-state index in [-0.39, 0.29) is 18.2 Å². The van der Waals surface area contributed by atoms with Gasteiger partial charge in [-0.05, 0) is 61.4 Å². The zero-order chi connectivity index (χ0) is 27.6. The van der Waals surface area contributed by atoms with Crippen LogP contribution in [0.2, 0.25) is 0 Å². The van der Waals surface area contributed by atoms with Crippen LogP contribution < -0.4 is 25.0 Å². The molecule has 0 aliphatic carbocycles. The molecule has 0 bridgehead atoms. The monoisotopic (exact) mass is 525 g/mol. The molecule has 2 aromatic rings. The van der Waals surface area contributed by atoms with Crippen molar-refractivity contribution < 1.29 is 28.6 Å². The van der Waals surface area contributed by atoms with Crippen LogP contribution in [0.1, 0.15) is 81.1 Å². The molecule has 0 aliphatic rings. The summed E-state index contributed by atoms with van der Waals surface area (Å²) in [6.45, 7) is 4.23. The number of ether oxygens (including phenoxy) is 3. The Morgan fingerprint density at radius 1 is 0.868 bits per heavy atom. The normalized spacial score (nSPS) is 10.7. The lowest BCUT2D eigenvalue weighted by Crippen LogP contribution is -2.34. The van der Waals surface area contributed by atoms with Crippen molar-refractivity contribution in [1.82, 2.24) is 10.7 Å². The molecule has 0 spiro atoms. The molecule has 0 heterocycles. The Kier molecular flexibility index (Phi) is 14.0. The molecule has 0 fully saturated rings. The first-order valence-corrected chi connectivity index (χ1v) is 13.2. The highest BCUT2D eigenvalue weighted by molar-refractivity contribution is 5.92. The third kappa shape index (κ3) is 11.5. The highest BCUT2D eigenvalue weighted by atomic mass is 16.6. The van der Waals surface area contributed by atoms with Crippen LogP contribution in [0.15, 0.2) is 47.6 Å². The Bertz CT molecular complexity index is 1050. The van der Waals surface area contributed by atoms with Gasteiger partial charge in [-0.15, -0.1) is 0 Å². The molecule has 0 saturated heterocycles. The van der Waals surface area contributed by atoms with E-state index in [1.54, 1.807) is 49.6 Å². The van der Waals surface area contributed by atoms with Crippen molar-refractivity contribution in [3.63, 3.8) is 0 Å². The molecule has 0 unspecified atom stereocenters. The van der Waals surface area contributed by atoms with Crippen molar-refractivity contribution in [2.45, 2.75) is 65.2 Å². The first-order chi connectivity index (χ1) is 18.5. The van der Waals surface area contributed by atoms with Crippen LogP contribution in [0.5, 0.6) is 17.2 Å². The van der Waals surface area contributed by atoms with E-state index in [9.17, 15) is 14.4 Å². The number of carbonyl (C=O) groups excluding carboxylic acids is 3. The molecule has 2 amide bonds. The van der Waals surface area contributed by atoms with Crippen molar-refractivity contribution in [2.75, 3.05) is 20.3 Å². The number of carbonyl (C=O) groups is 3. The summed E-state index contributed by atoms with van der Waals surface area (Å²) in [6.07, 6.45) is 9.78. The second-order valence-electron chi connectivity index (χ2n) is 8.70. The van der Waals surface area contributed by atoms with Gasteiger partial charge in [0.15, 0.2) is 11.5 Å². The van der Waals surface area contributed by atoms with Crippen molar-refractivity contribution >= 4 is 24.0 Å². The number of unbranched alkanes of at least 4 members (excludes halogenated alkanes) is 6. The summed E-state index contributed by atoms with van der Waals surface area (Å²) in [5.41, 5.74) is 3.39. The van der Waals surface area contributed by atoms with Gasteiger partial charge in [0.1, 0.15) is 5.75 Å². The molecular formula is C29H39N3O6. The molecule has 2 rings (SSSR count). The Morgan fingerprint density at radius 2 is 1.58 bits per heavy atom. The minimum atomic E-state index is -0.531. The van der Waals surface area contributed by atoms with Crippen LogP contribution in [0.25, 0.3) is 0 Å². The largest absolute Gasteiger partial charge is 0.497 e. The quantitative estimate of drug-likeness (QED) is 0.0985. The highest BCUT2D eigenvalue weighted by Crippen LogP contribution is 2.29. The molecule has 206 valence electrons. The number of hydrogen-bond donors (Lipinski definition) is 2. The van der Waals surface area contributed by atoms with Crippen LogP contribution in [-0.4, -0.2) is 44.3 Å². The topological polar surface area (TPSA) is 115 Å². The minimum absolute atomic E-state index is 0.140. The van der Waals surface area contributed by atoms with Crippen LogP contribution in [0.4, 0.5) is 0 Å². The average molecular weight is 526 g/mol. The van der Waals surface area contributed by atoms with Crippen molar-refractivity contribution in [3.05, 3.63) is 53.6 Å². The van der Waals surface area contributed by atoms with Gasteiger partial charge in [-0.25, -0.2) is 10.2 Å². The first-order valence-electron chi connectivity index (χ1n) is 13.2. The predicted octanol–water partition coefficient (Wildman–Crippen LogP) is 5.02. The summed E-state index contributed by atoms with van der Waals surface area (Å²) < 4.78 is 16.2. The van der Waals surface area contributed by atoms with E-state index in [4.69, 9.17) is 14.2 Å². The first kappa shape index (κ1) is 30.3. The molecule has 38 heavy (non-hydrogen) atoms. The third-order valence-corrected chi connectivity index (χ3v) is 5.65. The zero-order valence-corrected chi connectivity index (χ0v) is 22.6. The number of benzene rings is 2. The SMILES string of the molecule is CCCCCCCCCC(=O)NCC(=O)NN=Cc1ccc(OC(=O)c2ccc(OC)cc2)c(OCC)c1. The second-order valence-corrected chi connectivity index (χ2v) is 8.70. The van der Waals surface area contributed by atoms with Crippen LogP contribution >= 0.6 is 0 Å². The van der Waals surface area contributed by atoms with Crippen LogP contribution in [0, 0.1) is 0 Å². The number of esters is 1. The fourth-order valence-corrected chi connectivity index (χ4v) is 3.57. The molecule has 9 nitrogen and oxygen atoms in total. The average Bonchev–Trinajstić information content (AvgIpc) is 2.93. The second kappa shape index (κ2) is 17.6. The van der Waals surface area contributed by atoms with Gasteiger partial charge < -0.3 is 19.5 Å². The summed E-state index contributed by atoms with van der Waals surface area (Å²) in [5, 5.41) is 6.55. The Hall–Kier alpha value is -3.88. The molecule has 2 N–H and O–H groups in total. The fraction of sp³-hybridized carbons (Fsp3) is 0.448. The van der Waals surface area contributed by atoms with Gasteiger partial charge >= 0.3 is 5.97 Å². The smallest absolute Gasteiger partial charge is 0.343 e. The number of rotatable bonds is 17. The maximum atomic E-state index is 12.5.